The van der Waals surface area contributed by atoms with Crippen LogP contribution >= 0.6 is 0 Å². The molecule has 0 bridgehead atoms. The lowest BCUT2D eigenvalue weighted by molar-refractivity contribution is -0.139. The van der Waals surface area contributed by atoms with Crippen molar-refractivity contribution in [1.82, 2.24) is 10.2 Å². The van der Waals surface area contributed by atoms with Crippen LogP contribution in [0.25, 0.3) is 0 Å². The predicted octanol–water partition coefficient (Wildman–Crippen LogP) is 0.439. The largest absolute Gasteiger partial charge is 0.497 e. The molecule has 1 aromatic carbocycles. The average molecular weight is 322 g/mol. The molecule has 1 aliphatic heterocycles. The number of morpholine rings is 1. The van der Waals surface area contributed by atoms with E-state index in [2.05, 4.69) is 5.32 Å². The minimum absolute atomic E-state index is 0.136. The zero-order chi connectivity index (χ0) is 16.5. The van der Waals surface area contributed by atoms with Crippen molar-refractivity contribution < 1.29 is 23.8 Å². The van der Waals surface area contributed by atoms with Gasteiger partial charge in [0.05, 0.1) is 26.9 Å². The molecule has 0 saturated carbocycles. The Hall–Kier alpha value is -2.28. The molecule has 1 aliphatic rings. The molecule has 1 fully saturated rings. The van der Waals surface area contributed by atoms with E-state index in [9.17, 15) is 9.59 Å². The Balaban J connectivity index is 1.61. The molecule has 2 amide bonds. The maximum absolute atomic E-state index is 11.9. The highest BCUT2D eigenvalue weighted by atomic mass is 16.5. The van der Waals surface area contributed by atoms with E-state index in [1.54, 1.807) is 36.3 Å². The van der Waals surface area contributed by atoms with Crippen LogP contribution in [0.2, 0.25) is 0 Å². The SMILES string of the molecule is COc1ccc(OCCNC(=O)CC(=O)N2CCOCC2)cc1. The van der Waals surface area contributed by atoms with Crippen molar-refractivity contribution in [1.29, 1.82) is 0 Å². The molecule has 7 heteroatoms. The Morgan fingerprint density at radius 1 is 1.17 bits per heavy atom. The number of carbonyl (C=O) groups is 2. The smallest absolute Gasteiger partial charge is 0.232 e. The summed E-state index contributed by atoms with van der Waals surface area (Å²) in [6.45, 7) is 2.84. The number of benzene rings is 1. The van der Waals surface area contributed by atoms with Gasteiger partial charge in [-0.25, -0.2) is 0 Å². The molecule has 0 aromatic heterocycles. The molecule has 0 unspecified atom stereocenters. The Morgan fingerprint density at radius 3 is 2.48 bits per heavy atom. The number of ether oxygens (including phenoxy) is 3. The standard InChI is InChI=1S/C16H22N2O5/c1-21-13-2-4-14(5-3-13)23-9-6-17-15(19)12-16(20)18-7-10-22-11-8-18/h2-5H,6-12H2,1H3,(H,17,19). The summed E-state index contributed by atoms with van der Waals surface area (Å²) in [6, 6.07) is 7.19. The third-order valence-electron chi connectivity index (χ3n) is 3.43. The lowest BCUT2D eigenvalue weighted by Gasteiger charge is -2.26. The molecule has 1 heterocycles. The summed E-state index contributed by atoms with van der Waals surface area (Å²) in [5, 5.41) is 2.68. The Labute approximate surface area is 135 Å². The third-order valence-corrected chi connectivity index (χ3v) is 3.43. The van der Waals surface area contributed by atoms with E-state index in [0.29, 0.717) is 45.2 Å². The summed E-state index contributed by atoms with van der Waals surface area (Å²) < 4.78 is 15.7. The van der Waals surface area contributed by atoms with Crippen molar-refractivity contribution in [2.75, 3.05) is 46.6 Å². The zero-order valence-corrected chi connectivity index (χ0v) is 13.2. The van der Waals surface area contributed by atoms with Crippen molar-refractivity contribution in [3.05, 3.63) is 24.3 Å². The topological polar surface area (TPSA) is 77.1 Å². The van der Waals surface area contributed by atoms with Gasteiger partial charge in [-0.05, 0) is 24.3 Å². The van der Waals surface area contributed by atoms with Gasteiger partial charge in [0, 0.05) is 13.1 Å². The van der Waals surface area contributed by atoms with Crippen LogP contribution in [-0.2, 0) is 14.3 Å². The summed E-state index contributed by atoms with van der Waals surface area (Å²) in [7, 11) is 1.60. The van der Waals surface area contributed by atoms with Crippen LogP contribution in [0.15, 0.2) is 24.3 Å². The van der Waals surface area contributed by atoms with Gasteiger partial charge >= 0.3 is 0 Å². The van der Waals surface area contributed by atoms with Crippen molar-refractivity contribution >= 4 is 11.8 Å². The van der Waals surface area contributed by atoms with E-state index in [1.807, 2.05) is 0 Å². The molecule has 0 atom stereocenters. The van der Waals surface area contributed by atoms with Crippen molar-refractivity contribution in [3.8, 4) is 11.5 Å². The first-order chi connectivity index (χ1) is 11.2. The summed E-state index contributed by atoms with van der Waals surface area (Å²) in [5.41, 5.74) is 0. The molecule has 0 spiro atoms. The van der Waals surface area contributed by atoms with E-state index in [4.69, 9.17) is 14.2 Å². The van der Waals surface area contributed by atoms with Gasteiger partial charge in [-0.1, -0.05) is 0 Å². The number of carbonyl (C=O) groups excluding carboxylic acids is 2. The fourth-order valence-electron chi connectivity index (χ4n) is 2.16. The second-order valence-corrected chi connectivity index (χ2v) is 5.04. The Kier molecular flexibility index (Phi) is 6.68. The maximum Gasteiger partial charge on any atom is 0.232 e. The van der Waals surface area contributed by atoms with Gasteiger partial charge in [0.15, 0.2) is 0 Å². The third kappa shape index (κ3) is 5.78. The monoisotopic (exact) mass is 322 g/mol. The van der Waals surface area contributed by atoms with Crippen LogP contribution in [-0.4, -0.2) is 63.3 Å². The van der Waals surface area contributed by atoms with Crippen molar-refractivity contribution in [2.24, 2.45) is 0 Å². The van der Waals surface area contributed by atoms with Gasteiger partial charge in [-0.3, -0.25) is 9.59 Å². The Morgan fingerprint density at radius 2 is 1.83 bits per heavy atom. The summed E-state index contributed by atoms with van der Waals surface area (Å²) in [5.74, 6) is 0.999. The van der Waals surface area contributed by atoms with Crippen LogP contribution in [0.1, 0.15) is 6.42 Å². The number of nitrogens with zero attached hydrogens (tertiary/aromatic N) is 1. The predicted molar refractivity (Wildman–Crippen MR) is 83.5 cm³/mol. The highest BCUT2D eigenvalue weighted by Gasteiger charge is 2.19. The average Bonchev–Trinajstić information content (AvgIpc) is 2.60. The minimum Gasteiger partial charge on any atom is -0.497 e. The second kappa shape index (κ2) is 8.99. The Bertz CT molecular complexity index is 512. The van der Waals surface area contributed by atoms with Crippen LogP contribution in [0.4, 0.5) is 0 Å². The number of hydrogen-bond acceptors (Lipinski definition) is 5. The number of methoxy groups -OCH3 is 1. The van der Waals surface area contributed by atoms with Crippen molar-refractivity contribution in [3.63, 3.8) is 0 Å². The fourth-order valence-corrected chi connectivity index (χ4v) is 2.16. The molecule has 1 N–H and O–H groups in total. The fraction of sp³-hybridized carbons (Fsp3) is 0.500. The van der Waals surface area contributed by atoms with E-state index in [-0.39, 0.29) is 18.2 Å². The lowest BCUT2D eigenvalue weighted by Crippen LogP contribution is -2.43. The van der Waals surface area contributed by atoms with E-state index >= 15 is 0 Å². The molecule has 23 heavy (non-hydrogen) atoms. The number of nitrogens with one attached hydrogen (secondary N) is 1. The summed E-state index contributed by atoms with van der Waals surface area (Å²) >= 11 is 0. The van der Waals surface area contributed by atoms with Crippen LogP contribution < -0.4 is 14.8 Å². The quantitative estimate of drug-likeness (QED) is 0.582. The van der Waals surface area contributed by atoms with Gasteiger partial charge in [0.25, 0.3) is 0 Å². The van der Waals surface area contributed by atoms with Crippen LogP contribution in [0.5, 0.6) is 11.5 Å². The first-order valence-corrected chi connectivity index (χ1v) is 7.58. The molecule has 0 radical (unpaired) electrons. The summed E-state index contributed by atoms with van der Waals surface area (Å²) in [6.07, 6.45) is -0.136. The first kappa shape index (κ1) is 17.1. The van der Waals surface area contributed by atoms with Gasteiger partial charge in [0.1, 0.15) is 24.5 Å². The molecule has 7 nitrogen and oxygen atoms in total. The minimum atomic E-state index is -0.292. The summed E-state index contributed by atoms with van der Waals surface area (Å²) in [4.78, 5) is 25.3. The van der Waals surface area contributed by atoms with E-state index in [0.717, 1.165) is 5.75 Å². The number of hydrogen-bond donors (Lipinski definition) is 1. The normalized spacial score (nSPS) is 14.2. The molecule has 1 aromatic rings. The lowest BCUT2D eigenvalue weighted by atomic mass is 10.3. The van der Waals surface area contributed by atoms with Crippen LogP contribution in [0, 0.1) is 0 Å². The van der Waals surface area contributed by atoms with Gasteiger partial charge in [-0.2, -0.15) is 0 Å². The first-order valence-electron chi connectivity index (χ1n) is 7.58. The maximum atomic E-state index is 11.9. The van der Waals surface area contributed by atoms with Crippen LogP contribution in [0.3, 0.4) is 0 Å². The highest BCUT2D eigenvalue weighted by Crippen LogP contribution is 2.16. The van der Waals surface area contributed by atoms with E-state index < -0.39 is 0 Å². The van der Waals surface area contributed by atoms with E-state index in [1.165, 1.54) is 0 Å². The molecule has 2 rings (SSSR count). The van der Waals surface area contributed by atoms with Crippen molar-refractivity contribution in [2.45, 2.75) is 6.42 Å². The molecular weight excluding hydrogens is 300 g/mol. The number of amides is 2. The molecule has 126 valence electrons. The zero-order valence-electron chi connectivity index (χ0n) is 13.2. The van der Waals surface area contributed by atoms with Gasteiger partial charge < -0.3 is 24.4 Å². The highest BCUT2D eigenvalue weighted by molar-refractivity contribution is 5.96. The molecule has 1 saturated heterocycles. The second-order valence-electron chi connectivity index (χ2n) is 5.04. The van der Waals surface area contributed by atoms with Gasteiger partial charge in [0.2, 0.25) is 11.8 Å². The van der Waals surface area contributed by atoms with Gasteiger partial charge in [-0.15, -0.1) is 0 Å². The molecular formula is C16H22N2O5. The molecule has 0 aliphatic carbocycles. The number of rotatable bonds is 7.